The van der Waals surface area contributed by atoms with Gasteiger partial charge in [-0.25, -0.2) is 9.78 Å². The second-order valence-corrected chi connectivity index (χ2v) is 22.3. The van der Waals surface area contributed by atoms with E-state index >= 15 is 0 Å². The molecule has 2 aliphatic rings. The van der Waals surface area contributed by atoms with Crippen molar-refractivity contribution in [1.29, 1.82) is 0 Å². The molecule has 0 aromatic carbocycles. The Morgan fingerprint density at radius 1 is 0.663 bits per heavy atom. The fourth-order valence-electron chi connectivity index (χ4n) is 9.74. The van der Waals surface area contributed by atoms with Gasteiger partial charge in [-0.05, 0) is 76.7 Å². The van der Waals surface area contributed by atoms with Gasteiger partial charge in [0.05, 0.1) is 50.3 Å². The van der Waals surface area contributed by atoms with Gasteiger partial charge in [0.25, 0.3) is 0 Å². The van der Waals surface area contributed by atoms with Gasteiger partial charge in [-0.3, -0.25) is 62.3 Å². The van der Waals surface area contributed by atoms with Crippen molar-refractivity contribution in [3.05, 3.63) is 18.2 Å². The number of imidazole rings is 1. The predicted molar refractivity (Wildman–Crippen MR) is 310 cm³/mol. The Morgan fingerprint density at radius 3 is 1.80 bits per heavy atom. The van der Waals surface area contributed by atoms with E-state index in [0.29, 0.717) is 25.0 Å². The smallest absolute Gasteiger partial charge is 0.326 e. The number of hydrogen-bond donors (Lipinski definition) is 18. The van der Waals surface area contributed by atoms with Gasteiger partial charge in [0.1, 0.15) is 60.4 Å². The summed E-state index contributed by atoms with van der Waals surface area (Å²) in [5, 5.41) is 71.5. The molecule has 21 N–H and O–H groups in total. The van der Waals surface area contributed by atoms with E-state index in [9.17, 15) is 92.7 Å². The third-order valence-corrected chi connectivity index (χ3v) is 15.0. The summed E-state index contributed by atoms with van der Waals surface area (Å²) in [7, 11) is 0. The summed E-state index contributed by atoms with van der Waals surface area (Å²) in [5.74, 6) is -15.4. The van der Waals surface area contributed by atoms with Crippen molar-refractivity contribution in [3.8, 4) is 0 Å². The van der Waals surface area contributed by atoms with Crippen LogP contribution in [-0.4, -0.2) is 240 Å². The van der Waals surface area contributed by atoms with E-state index in [1.54, 1.807) is 27.7 Å². The molecule has 0 spiro atoms. The lowest BCUT2D eigenvalue weighted by atomic mass is 9.97. The monoisotopic (exact) mass is 1260 g/mol. The number of likely N-dealkylation sites (tertiary alicyclic amines) is 2. The Balaban J connectivity index is 1.71. The molecular weight excluding hydrogens is 1180 g/mol. The van der Waals surface area contributed by atoms with E-state index in [0.717, 1.165) is 16.7 Å². The van der Waals surface area contributed by atoms with Crippen LogP contribution in [0.4, 0.5) is 0 Å². The van der Waals surface area contributed by atoms with Gasteiger partial charge in [-0.2, -0.15) is 0 Å². The number of nitrogens with zero attached hydrogens (tertiary/aromatic N) is 3. The molecule has 2 fully saturated rings. The van der Waals surface area contributed by atoms with Gasteiger partial charge in [-0.15, -0.1) is 0 Å². The van der Waals surface area contributed by atoms with Crippen molar-refractivity contribution in [1.82, 2.24) is 67.6 Å². The zero-order valence-electron chi connectivity index (χ0n) is 50.5. The highest BCUT2D eigenvalue weighted by Gasteiger charge is 2.45. The SMILES string of the molecule is CC[C@H](C)[C@H](NC(=O)CNC(=O)[C@H](Cc1c[nH]cn1)NC(=O)[C@@H](NC(=O)[C@@H](N)CCC(N)=O)C(C)C)C(=O)N[C@@H](CO)C(=O)N1CCC[C@H]1C(=O)N1CCC[C@H]1C(=O)N[C@@H](CC(=O)O)C(=O)N[C@@H](CO)C(=O)N[C@H](C(=O)N[C@@H](CCCCN)C(=O)O)[C@@H](C)O. The van der Waals surface area contributed by atoms with E-state index in [4.69, 9.17) is 17.2 Å². The van der Waals surface area contributed by atoms with E-state index in [2.05, 4.69) is 57.8 Å². The molecule has 12 amide bonds. The second-order valence-electron chi connectivity index (χ2n) is 22.3. The molecule has 0 radical (unpaired) electrons. The van der Waals surface area contributed by atoms with Crippen LogP contribution in [0.1, 0.15) is 111 Å². The van der Waals surface area contributed by atoms with E-state index in [1.807, 2.05) is 0 Å². The zero-order valence-corrected chi connectivity index (χ0v) is 50.5. The molecule has 3 rings (SSSR count). The second kappa shape index (κ2) is 36.8. The number of hydrogen-bond acceptors (Lipinski definition) is 20. The number of aliphatic carboxylic acids is 2. The number of unbranched alkanes of at least 4 members (excludes halogenated alkanes) is 1. The Hall–Kier alpha value is -8.41. The molecule has 0 bridgehead atoms. The maximum atomic E-state index is 14.3. The summed E-state index contributed by atoms with van der Waals surface area (Å²) in [4.78, 5) is 194. The van der Waals surface area contributed by atoms with Crippen molar-refractivity contribution < 1.29 is 92.7 Å². The lowest BCUT2D eigenvalue weighted by Gasteiger charge is -2.33. The number of carbonyl (C=O) groups excluding carboxylic acids is 12. The van der Waals surface area contributed by atoms with Crippen molar-refractivity contribution in [3.63, 3.8) is 0 Å². The number of amides is 12. The minimum atomic E-state index is -1.94. The number of carboxylic acid groups (broad SMARTS) is 2. The zero-order chi connectivity index (χ0) is 66.8. The van der Waals surface area contributed by atoms with Crippen molar-refractivity contribution in [2.75, 3.05) is 39.4 Å². The van der Waals surface area contributed by atoms with Gasteiger partial charge in [-0.1, -0.05) is 34.1 Å². The summed E-state index contributed by atoms with van der Waals surface area (Å²) in [5.41, 5.74) is 16.9. The van der Waals surface area contributed by atoms with Gasteiger partial charge in [0.15, 0.2) is 0 Å². The molecule has 3 heterocycles. The first-order valence-corrected chi connectivity index (χ1v) is 29.4. The van der Waals surface area contributed by atoms with E-state index in [-0.39, 0.29) is 71.0 Å². The number of aliphatic hydroxyl groups excluding tert-OH is 3. The van der Waals surface area contributed by atoms with Crippen molar-refractivity contribution in [2.45, 2.75) is 184 Å². The summed E-state index contributed by atoms with van der Waals surface area (Å²) in [6.45, 7) is 4.96. The molecule has 1 aromatic heterocycles. The number of nitrogens with one attached hydrogen (secondary N) is 10. The van der Waals surface area contributed by atoms with Gasteiger partial charge in [0, 0.05) is 32.1 Å². The molecule has 1 aromatic rings. The topological polar surface area (TPSA) is 562 Å². The van der Waals surface area contributed by atoms with Crippen LogP contribution in [0, 0.1) is 11.8 Å². The highest BCUT2D eigenvalue weighted by molar-refractivity contribution is 6.00. The number of primary amides is 1. The molecular formula is C54H88N16O19. The van der Waals surface area contributed by atoms with Crippen LogP contribution in [0.5, 0.6) is 0 Å². The first-order valence-electron chi connectivity index (χ1n) is 29.4. The molecule has 35 nitrogen and oxygen atoms in total. The Bertz CT molecular complexity index is 2650. The summed E-state index contributed by atoms with van der Waals surface area (Å²) < 4.78 is 0. The van der Waals surface area contributed by atoms with Crippen LogP contribution in [-0.2, 0) is 73.5 Å². The molecule has 89 heavy (non-hydrogen) atoms. The molecule has 35 heteroatoms. The Kier molecular flexibility index (Phi) is 30.9. The van der Waals surface area contributed by atoms with Crippen molar-refractivity contribution >= 4 is 82.8 Å². The average Bonchev–Trinajstić information content (AvgIpc) is 1.88. The maximum absolute atomic E-state index is 14.3. The van der Waals surface area contributed by atoms with E-state index < -0.39 is 193 Å². The number of aromatic amines is 1. The lowest BCUT2D eigenvalue weighted by Crippen LogP contribution is -2.62. The van der Waals surface area contributed by atoms with E-state index in [1.165, 1.54) is 12.5 Å². The molecule has 0 aliphatic carbocycles. The maximum Gasteiger partial charge on any atom is 0.326 e. The molecule has 2 aliphatic heterocycles. The summed E-state index contributed by atoms with van der Waals surface area (Å²) in [6.07, 6.45) is 1.19. The lowest BCUT2D eigenvalue weighted by molar-refractivity contribution is -0.149. The van der Waals surface area contributed by atoms with Crippen LogP contribution in [0.25, 0.3) is 0 Å². The van der Waals surface area contributed by atoms with Crippen LogP contribution < -0.4 is 65.1 Å². The Morgan fingerprint density at radius 2 is 1.24 bits per heavy atom. The van der Waals surface area contributed by atoms with Gasteiger partial charge < -0.3 is 105 Å². The summed E-state index contributed by atoms with van der Waals surface area (Å²) >= 11 is 0. The standard InChI is InChI=1S/C54H88N16O19/c1-6-27(4)42(66-39(75)22-59-45(79)32(19-29-21-58-25-60-29)63-49(83)41(26(2)3)67-44(78)30(56)14-15-38(57)74)50(84)65-35(24-72)52(86)70-18-10-13-37(70)53(87)69-17-9-12-36(69)48(82)62-33(20-40(76)77)46(80)64-34(23-71)47(81)68-43(28(5)73)51(85)61-31(54(88)89)11-7-8-16-55/h21,25-28,30-37,41-43,71-73H,6-20,22-24,55-56H2,1-5H3,(H2,57,74)(H,58,60)(H,59,79)(H,61,85)(H,62,82)(H,63,83)(H,64,80)(H,65,84)(H,66,75)(H,67,78)(H,68,81)(H,76,77)(H,88,89)/t27-,28+,30-,31-,32-,33-,34-,35-,36-,37-,41-,42-,43-/m0/s1. The minimum Gasteiger partial charge on any atom is -0.481 e. The van der Waals surface area contributed by atoms with Crippen LogP contribution in [0.3, 0.4) is 0 Å². The summed E-state index contributed by atoms with van der Waals surface area (Å²) in [6, 6.07) is -16.5. The molecule has 498 valence electrons. The number of carbonyl (C=O) groups is 14. The fourth-order valence-corrected chi connectivity index (χ4v) is 9.74. The van der Waals surface area contributed by atoms with Gasteiger partial charge in [0.2, 0.25) is 70.9 Å². The molecule has 2 saturated heterocycles. The number of carboxylic acids is 2. The highest BCUT2D eigenvalue weighted by Crippen LogP contribution is 2.26. The Labute approximate surface area is 512 Å². The van der Waals surface area contributed by atoms with Crippen LogP contribution >= 0.6 is 0 Å². The van der Waals surface area contributed by atoms with Gasteiger partial charge >= 0.3 is 11.9 Å². The first-order chi connectivity index (χ1) is 42.0. The minimum absolute atomic E-state index is 0.00203. The average molecular weight is 1270 g/mol. The number of aromatic nitrogens is 2. The van der Waals surface area contributed by atoms with Crippen LogP contribution in [0.2, 0.25) is 0 Å². The highest BCUT2D eigenvalue weighted by atomic mass is 16.4. The third kappa shape index (κ3) is 23.2. The van der Waals surface area contributed by atoms with Crippen LogP contribution in [0.15, 0.2) is 12.5 Å². The number of aliphatic hydroxyl groups is 3. The van der Waals surface area contributed by atoms with Crippen molar-refractivity contribution in [2.24, 2.45) is 29.0 Å². The largest absolute Gasteiger partial charge is 0.481 e. The number of nitrogens with two attached hydrogens (primary N) is 3. The normalized spacial score (nSPS) is 18.4. The number of H-pyrrole nitrogens is 1. The molecule has 0 saturated carbocycles. The molecule has 0 unspecified atom stereocenters. The fraction of sp³-hybridized carbons (Fsp3) is 0.685. The first kappa shape index (κ1) is 74.8. The predicted octanol–water partition coefficient (Wildman–Crippen LogP) is -7.72. The molecule has 13 atom stereocenters. The third-order valence-electron chi connectivity index (χ3n) is 15.0. The quantitative estimate of drug-likeness (QED) is 0.0274. The number of rotatable bonds is 38.